The number of carbonyl (C=O) groups is 1. The molecule has 23 heavy (non-hydrogen) atoms. The van der Waals surface area contributed by atoms with Gasteiger partial charge in [-0.1, -0.05) is 29.8 Å². The van der Waals surface area contributed by atoms with E-state index >= 15 is 0 Å². The monoisotopic (exact) mass is 327 g/mol. The van der Waals surface area contributed by atoms with Crippen LogP contribution in [0.2, 0.25) is 5.02 Å². The summed E-state index contributed by atoms with van der Waals surface area (Å²) in [7, 11) is 0. The normalized spacial score (nSPS) is 14.1. The lowest BCUT2D eigenvalue weighted by Crippen LogP contribution is -2.35. The first-order valence-corrected chi connectivity index (χ1v) is 7.91. The molecule has 0 saturated heterocycles. The van der Waals surface area contributed by atoms with Gasteiger partial charge in [0.25, 0.3) is 0 Å². The molecule has 0 unspecified atom stereocenters. The Morgan fingerprint density at radius 3 is 2.39 bits per heavy atom. The van der Waals surface area contributed by atoms with Gasteiger partial charge in [-0.15, -0.1) is 0 Å². The highest BCUT2D eigenvalue weighted by atomic mass is 35.5. The summed E-state index contributed by atoms with van der Waals surface area (Å²) >= 11 is 5.83. The van der Waals surface area contributed by atoms with Crippen molar-refractivity contribution in [2.45, 2.75) is 6.42 Å². The van der Waals surface area contributed by atoms with Crippen molar-refractivity contribution in [2.24, 2.45) is 0 Å². The zero-order valence-corrected chi connectivity index (χ0v) is 13.4. The van der Waals surface area contributed by atoms with E-state index in [1.165, 1.54) is 5.69 Å². The van der Waals surface area contributed by atoms with Crippen LogP contribution in [0.15, 0.2) is 66.4 Å². The average Bonchev–Trinajstić information content (AvgIpc) is 2.58. The van der Waals surface area contributed by atoms with E-state index < -0.39 is 0 Å². The number of rotatable bonds is 3. The summed E-state index contributed by atoms with van der Waals surface area (Å²) in [6.07, 6.45) is 2.86. The second-order valence-electron chi connectivity index (χ2n) is 5.35. The fourth-order valence-electron chi connectivity index (χ4n) is 2.50. The molecule has 0 saturated carbocycles. The van der Waals surface area contributed by atoms with Gasteiger partial charge in [0.2, 0.25) is 0 Å². The Kier molecular flexibility index (Phi) is 4.83. The lowest BCUT2D eigenvalue weighted by Gasteiger charge is -2.28. The maximum Gasteiger partial charge on any atom is 0.323 e. The number of urea groups is 1. The molecule has 0 atom stereocenters. The lowest BCUT2D eigenvalue weighted by atomic mass is 10.1. The number of hydrogen-bond donors (Lipinski definition) is 2. The van der Waals surface area contributed by atoms with Crippen LogP contribution in [-0.4, -0.2) is 19.1 Å². The summed E-state index contributed by atoms with van der Waals surface area (Å²) in [5.74, 6) is 0. The van der Waals surface area contributed by atoms with Gasteiger partial charge in [0.15, 0.2) is 0 Å². The van der Waals surface area contributed by atoms with Crippen molar-refractivity contribution in [3.05, 3.63) is 71.4 Å². The molecule has 118 valence electrons. The summed E-state index contributed by atoms with van der Waals surface area (Å²) in [4.78, 5) is 14.3. The van der Waals surface area contributed by atoms with Crippen LogP contribution in [0.5, 0.6) is 0 Å². The molecule has 0 fully saturated rings. The van der Waals surface area contributed by atoms with Crippen LogP contribution in [0.1, 0.15) is 6.42 Å². The molecule has 2 aromatic carbocycles. The molecule has 1 heterocycles. The van der Waals surface area contributed by atoms with Crippen molar-refractivity contribution in [1.29, 1.82) is 0 Å². The predicted molar refractivity (Wildman–Crippen MR) is 95.0 cm³/mol. The Morgan fingerprint density at radius 2 is 1.74 bits per heavy atom. The van der Waals surface area contributed by atoms with Crippen molar-refractivity contribution in [2.75, 3.05) is 23.3 Å². The van der Waals surface area contributed by atoms with Gasteiger partial charge >= 0.3 is 6.03 Å². The second kappa shape index (κ2) is 7.20. The van der Waals surface area contributed by atoms with Crippen molar-refractivity contribution in [3.63, 3.8) is 0 Å². The van der Waals surface area contributed by atoms with E-state index in [9.17, 15) is 4.79 Å². The summed E-state index contributed by atoms with van der Waals surface area (Å²) in [6.45, 7) is 1.68. The van der Waals surface area contributed by atoms with Crippen LogP contribution in [0.3, 0.4) is 0 Å². The SMILES string of the molecule is O=C(NC1=CCN(c2ccccc2)CC1)Nc1ccc(Cl)cc1. The number of hydrogen-bond acceptors (Lipinski definition) is 2. The summed E-state index contributed by atoms with van der Waals surface area (Å²) in [5.41, 5.74) is 2.87. The minimum absolute atomic E-state index is 0.230. The number of amides is 2. The maximum atomic E-state index is 12.0. The first-order chi connectivity index (χ1) is 11.2. The van der Waals surface area contributed by atoms with Gasteiger partial charge in [-0.05, 0) is 42.5 Å². The molecule has 0 radical (unpaired) electrons. The van der Waals surface area contributed by atoms with Crippen LogP contribution in [0.25, 0.3) is 0 Å². The fourth-order valence-corrected chi connectivity index (χ4v) is 2.62. The number of benzene rings is 2. The first-order valence-electron chi connectivity index (χ1n) is 7.53. The number of nitrogens with one attached hydrogen (secondary N) is 2. The average molecular weight is 328 g/mol. The topological polar surface area (TPSA) is 44.4 Å². The van der Waals surface area contributed by atoms with Crippen LogP contribution in [-0.2, 0) is 0 Å². The third-order valence-electron chi connectivity index (χ3n) is 3.71. The Hall–Kier alpha value is -2.46. The van der Waals surface area contributed by atoms with E-state index in [4.69, 9.17) is 11.6 Å². The molecule has 5 heteroatoms. The minimum Gasteiger partial charge on any atom is -0.367 e. The van der Waals surface area contributed by atoms with Gasteiger partial charge < -0.3 is 15.5 Å². The van der Waals surface area contributed by atoms with E-state index in [0.717, 1.165) is 25.2 Å². The highest BCUT2D eigenvalue weighted by molar-refractivity contribution is 6.30. The molecule has 2 aromatic rings. The first kappa shape index (κ1) is 15.4. The quantitative estimate of drug-likeness (QED) is 0.885. The van der Waals surface area contributed by atoms with Gasteiger partial charge in [0, 0.05) is 41.6 Å². The van der Waals surface area contributed by atoms with Gasteiger partial charge in [-0.25, -0.2) is 4.79 Å². The highest BCUT2D eigenvalue weighted by Crippen LogP contribution is 2.18. The van der Waals surface area contributed by atoms with Gasteiger partial charge in [-0.3, -0.25) is 0 Å². The zero-order valence-electron chi connectivity index (χ0n) is 12.6. The van der Waals surface area contributed by atoms with E-state index in [-0.39, 0.29) is 6.03 Å². The van der Waals surface area contributed by atoms with Gasteiger partial charge in [0.05, 0.1) is 0 Å². The van der Waals surface area contributed by atoms with E-state index in [2.05, 4.69) is 33.7 Å². The largest absolute Gasteiger partial charge is 0.367 e. The number of halogens is 1. The maximum absolute atomic E-state index is 12.0. The molecule has 2 amide bonds. The highest BCUT2D eigenvalue weighted by Gasteiger charge is 2.13. The lowest BCUT2D eigenvalue weighted by molar-refractivity contribution is 0.254. The molecule has 0 aliphatic carbocycles. The standard InChI is InChI=1S/C18H18ClN3O/c19-14-6-8-15(9-7-14)20-18(23)21-16-10-12-22(13-11-16)17-4-2-1-3-5-17/h1-10H,11-13H2,(H2,20,21,23). The third kappa shape index (κ3) is 4.27. The third-order valence-corrected chi connectivity index (χ3v) is 3.96. The summed E-state index contributed by atoms with van der Waals surface area (Å²) < 4.78 is 0. The zero-order chi connectivity index (χ0) is 16.1. The molecule has 0 spiro atoms. The van der Waals surface area contributed by atoms with Crippen molar-refractivity contribution < 1.29 is 4.79 Å². The van der Waals surface area contributed by atoms with Crippen LogP contribution < -0.4 is 15.5 Å². The molecule has 3 rings (SSSR count). The van der Waals surface area contributed by atoms with Crippen LogP contribution in [0, 0.1) is 0 Å². The fraction of sp³-hybridized carbons (Fsp3) is 0.167. The predicted octanol–water partition coefficient (Wildman–Crippen LogP) is 4.26. The number of nitrogens with zero attached hydrogens (tertiary/aromatic N) is 1. The molecule has 1 aliphatic heterocycles. The minimum atomic E-state index is -0.230. The van der Waals surface area contributed by atoms with Gasteiger partial charge in [-0.2, -0.15) is 0 Å². The summed E-state index contributed by atoms with van der Waals surface area (Å²) in [6, 6.07) is 17.1. The molecule has 0 aromatic heterocycles. The van der Waals surface area contributed by atoms with Crippen LogP contribution in [0.4, 0.5) is 16.2 Å². The Labute approximate surface area is 140 Å². The van der Waals surface area contributed by atoms with Gasteiger partial charge in [0.1, 0.15) is 0 Å². The molecule has 4 nitrogen and oxygen atoms in total. The molecular weight excluding hydrogens is 310 g/mol. The number of anilines is 2. The van der Waals surface area contributed by atoms with Crippen molar-refractivity contribution >= 4 is 29.0 Å². The Bertz CT molecular complexity index is 698. The molecule has 1 aliphatic rings. The van der Waals surface area contributed by atoms with Crippen molar-refractivity contribution in [1.82, 2.24) is 5.32 Å². The molecular formula is C18H18ClN3O. The van der Waals surface area contributed by atoms with E-state index in [1.807, 2.05) is 18.2 Å². The second-order valence-corrected chi connectivity index (χ2v) is 5.78. The van der Waals surface area contributed by atoms with E-state index in [0.29, 0.717) is 10.7 Å². The van der Waals surface area contributed by atoms with E-state index in [1.54, 1.807) is 24.3 Å². The molecule has 0 bridgehead atoms. The summed E-state index contributed by atoms with van der Waals surface area (Å²) in [5, 5.41) is 6.35. The number of carbonyl (C=O) groups excluding carboxylic acids is 1. The Balaban J connectivity index is 1.54. The van der Waals surface area contributed by atoms with Crippen molar-refractivity contribution in [3.8, 4) is 0 Å². The Morgan fingerprint density at radius 1 is 1.00 bits per heavy atom. The smallest absolute Gasteiger partial charge is 0.323 e. The number of para-hydroxylation sites is 1. The molecule has 2 N–H and O–H groups in total. The van der Waals surface area contributed by atoms with Crippen LogP contribution >= 0.6 is 11.6 Å².